The van der Waals surface area contributed by atoms with Crippen molar-refractivity contribution in [2.45, 2.75) is 20.8 Å². The van der Waals surface area contributed by atoms with Crippen LogP contribution in [-0.2, 0) is 0 Å². The summed E-state index contributed by atoms with van der Waals surface area (Å²) in [5, 5.41) is 4.70. The number of para-hydroxylation sites is 1. The third-order valence-corrected chi connectivity index (χ3v) is 3.63. The van der Waals surface area contributed by atoms with Crippen molar-refractivity contribution < 1.29 is 0 Å². The second kappa shape index (κ2) is 4.97. The van der Waals surface area contributed by atoms with Gasteiger partial charge in [-0.05, 0) is 38.5 Å². The van der Waals surface area contributed by atoms with E-state index in [2.05, 4.69) is 57.2 Å². The molecule has 2 aromatic carbocycles. The fourth-order valence-corrected chi connectivity index (χ4v) is 2.60. The predicted molar refractivity (Wildman–Crippen MR) is 83.2 cm³/mol. The van der Waals surface area contributed by atoms with Crippen LogP contribution in [0.5, 0.6) is 0 Å². The molecule has 2 heteroatoms. The van der Waals surface area contributed by atoms with Gasteiger partial charge in [0, 0.05) is 11.3 Å². The van der Waals surface area contributed by atoms with E-state index in [1.807, 2.05) is 22.9 Å². The van der Waals surface area contributed by atoms with Gasteiger partial charge in [-0.3, -0.25) is 0 Å². The molecule has 100 valence electrons. The molecule has 0 aliphatic rings. The minimum Gasteiger partial charge on any atom is -0.237 e. The van der Waals surface area contributed by atoms with Gasteiger partial charge in [0.25, 0.3) is 0 Å². The molecule has 3 aromatic rings. The molecule has 3 rings (SSSR count). The second-order valence-electron chi connectivity index (χ2n) is 5.16. The third kappa shape index (κ3) is 2.14. The summed E-state index contributed by atoms with van der Waals surface area (Å²) in [5.74, 6) is 0. The molecule has 0 saturated heterocycles. The first-order chi connectivity index (χ1) is 9.66. The number of rotatable bonds is 2. The van der Waals surface area contributed by atoms with E-state index in [0.29, 0.717) is 0 Å². The van der Waals surface area contributed by atoms with Gasteiger partial charge < -0.3 is 0 Å². The lowest BCUT2D eigenvalue weighted by Gasteiger charge is -2.06. The largest absolute Gasteiger partial charge is 0.237 e. The Balaban J connectivity index is 2.14. The predicted octanol–water partition coefficient (Wildman–Crippen LogP) is 4.46. The monoisotopic (exact) mass is 262 g/mol. The fourth-order valence-electron chi connectivity index (χ4n) is 2.60. The van der Waals surface area contributed by atoms with E-state index in [-0.39, 0.29) is 0 Å². The Bertz CT molecular complexity index is 722. The first kappa shape index (κ1) is 12.7. The molecule has 0 amide bonds. The van der Waals surface area contributed by atoms with E-state index in [9.17, 15) is 0 Å². The minimum atomic E-state index is 1.07. The van der Waals surface area contributed by atoms with Gasteiger partial charge in [0.1, 0.15) is 0 Å². The van der Waals surface area contributed by atoms with Gasteiger partial charge in [0.05, 0.1) is 11.4 Å². The fraction of sp³-hybridized carbons (Fsp3) is 0.167. The van der Waals surface area contributed by atoms with Gasteiger partial charge in [0.15, 0.2) is 0 Å². The lowest BCUT2D eigenvalue weighted by molar-refractivity contribution is 0.834. The molecule has 0 N–H and O–H groups in total. The minimum absolute atomic E-state index is 1.07. The Morgan fingerprint density at radius 2 is 1.45 bits per heavy atom. The highest BCUT2D eigenvalue weighted by atomic mass is 15.3. The standard InChI is InChI=1S/C18H18N2/c1-13-9-11-16(12-10-13)18-14(2)19-20(15(18)3)17-7-5-4-6-8-17/h4-12H,1-3H3. The van der Waals surface area contributed by atoms with Crippen LogP contribution in [0.15, 0.2) is 54.6 Å². The Labute approximate surface area is 119 Å². The molecule has 0 aliphatic heterocycles. The van der Waals surface area contributed by atoms with E-state index in [0.717, 1.165) is 11.4 Å². The molecule has 0 fully saturated rings. The van der Waals surface area contributed by atoms with Crippen LogP contribution >= 0.6 is 0 Å². The summed E-state index contributed by atoms with van der Waals surface area (Å²) >= 11 is 0. The Morgan fingerprint density at radius 3 is 2.10 bits per heavy atom. The summed E-state index contributed by atoms with van der Waals surface area (Å²) in [6.07, 6.45) is 0. The molecule has 1 aromatic heterocycles. The molecular formula is C18H18N2. The third-order valence-electron chi connectivity index (χ3n) is 3.63. The second-order valence-corrected chi connectivity index (χ2v) is 5.16. The molecular weight excluding hydrogens is 244 g/mol. The van der Waals surface area contributed by atoms with Gasteiger partial charge in [0.2, 0.25) is 0 Å². The zero-order valence-corrected chi connectivity index (χ0v) is 12.1. The van der Waals surface area contributed by atoms with E-state index >= 15 is 0 Å². The normalized spacial score (nSPS) is 10.8. The van der Waals surface area contributed by atoms with E-state index in [4.69, 9.17) is 5.10 Å². The smallest absolute Gasteiger partial charge is 0.0679 e. The van der Waals surface area contributed by atoms with Crippen LogP contribution in [0.25, 0.3) is 16.8 Å². The van der Waals surface area contributed by atoms with Crippen LogP contribution in [0, 0.1) is 20.8 Å². The van der Waals surface area contributed by atoms with E-state index < -0.39 is 0 Å². The number of benzene rings is 2. The summed E-state index contributed by atoms with van der Waals surface area (Å²) in [4.78, 5) is 0. The molecule has 0 radical (unpaired) electrons. The molecule has 0 atom stereocenters. The van der Waals surface area contributed by atoms with Crippen molar-refractivity contribution in [3.8, 4) is 16.8 Å². The lowest BCUT2D eigenvalue weighted by Crippen LogP contribution is -1.98. The van der Waals surface area contributed by atoms with Crippen LogP contribution in [0.4, 0.5) is 0 Å². The first-order valence-electron chi connectivity index (χ1n) is 6.85. The zero-order valence-electron chi connectivity index (χ0n) is 12.1. The van der Waals surface area contributed by atoms with Crippen LogP contribution in [0.3, 0.4) is 0 Å². The van der Waals surface area contributed by atoms with Gasteiger partial charge >= 0.3 is 0 Å². The van der Waals surface area contributed by atoms with E-state index in [1.165, 1.54) is 22.4 Å². The highest BCUT2D eigenvalue weighted by Crippen LogP contribution is 2.28. The lowest BCUT2D eigenvalue weighted by atomic mass is 10.0. The molecule has 0 bridgehead atoms. The topological polar surface area (TPSA) is 17.8 Å². The van der Waals surface area contributed by atoms with Crippen molar-refractivity contribution in [3.05, 3.63) is 71.5 Å². The maximum Gasteiger partial charge on any atom is 0.0679 e. The number of aryl methyl sites for hydroxylation is 2. The van der Waals surface area contributed by atoms with Crippen molar-refractivity contribution in [1.29, 1.82) is 0 Å². The maximum atomic E-state index is 4.70. The summed E-state index contributed by atoms with van der Waals surface area (Å²) < 4.78 is 2.02. The number of hydrogen-bond donors (Lipinski definition) is 0. The Morgan fingerprint density at radius 1 is 0.800 bits per heavy atom. The van der Waals surface area contributed by atoms with Crippen molar-refractivity contribution >= 4 is 0 Å². The molecule has 0 saturated carbocycles. The molecule has 0 unspecified atom stereocenters. The average Bonchev–Trinajstić information content (AvgIpc) is 2.76. The highest BCUT2D eigenvalue weighted by Gasteiger charge is 2.14. The SMILES string of the molecule is Cc1ccc(-c2c(C)nn(-c3ccccc3)c2C)cc1. The molecule has 0 spiro atoms. The molecule has 20 heavy (non-hydrogen) atoms. The average molecular weight is 262 g/mol. The zero-order chi connectivity index (χ0) is 14.1. The van der Waals surface area contributed by atoms with Gasteiger partial charge in [-0.2, -0.15) is 5.10 Å². The van der Waals surface area contributed by atoms with Crippen molar-refractivity contribution in [1.82, 2.24) is 9.78 Å². The maximum absolute atomic E-state index is 4.70. The first-order valence-corrected chi connectivity index (χ1v) is 6.85. The van der Waals surface area contributed by atoms with Gasteiger partial charge in [-0.1, -0.05) is 48.0 Å². The van der Waals surface area contributed by atoms with Crippen molar-refractivity contribution in [2.75, 3.05) is 0 Å². The van der Waals surface area contributed by atoms with Crippen LogP contribution in [0.1, 0.15) is 17.0 Å². The summed E-state index contributed by atoms with van der Waals surface area (Å²) in [6.45, 7) is 6.31. The van der Waals surface area contributed by atoms with Gasteiger partial charge in [-0.15, -0.1) is 0 Å². The summed E-state index contributed by atoms with van der Waals surface area (Å²) in [7, 11) is 0. The summed E-state index contributed by atoms with van der Waals surface area (Å²) in [5.41, 5.74) is 7.08. The number of hydrogen-bond acceptors (Lipinski definition) is 1. The van der Waals surface area contributed by atoms with Crippen molar-refractivity contribution in [2.24, 2.45) is 0 Å². The van der Waals surface area contributed by atoms with Crippen LogP contribution in [0.2, 0.25) is 0 Å². The quantitative estimate of drug-likeness (QED) is 0.666. The molecule has 2 nitrogen and oxygen atoms in total. The van der Waals surface area contributed by atoms with E-state index in [1.54, 1.807) is 0 Å². The Kier molecular flexibility index (Phi) is 3.15. The summed E-state index contributed by atoms with van der Waals surface area (Å²) in [6, 6.07) is 18.9. The Hall–Kier alpha value is -2.35. The van der Waals surface area contributed by atoms with Crippen molar-refractivity contribution in [3.63, 3.8) is 0 Å². The van der Waals surface area contributed by atoms with Gasteiger partial charge in [-0.25, -0.2) is 4.68 Å². The van der Waals surface area contributed by atoms with Crippen LogP contribution < -0.4 is 0 Å². The van der Waals surface area contributed by atoms with Crippen LogP contribution in [-0.4, -0.2) is 9.78 Å². The number of nitrogens with zero attached hydrogens (tertiary/aromatic N) is 2. The molecule has 0 aliphatic carbocycles. The molecule has 1 heterocycles. The highest BCUT2D eigenvalue weighted by molar-refractivity contribution is 5.69. The number of aromatic nitrogens is 2.